The molecule has 98 valence electrons. The first-order chi connectivity index (χ1) is 8.70. The predicted octanol–water partition coefficient (Wildman–Crippen LogP) is 3.07. The zero-order chi connectivity index (χ0) is 13.0. The fourth-order valence-corrected chi connectivity index (χ4v) is 2.74. The number of rotatable bonds is 3. The van der Waals surface area contributed by atoms with Crippen molar-refractivity contribution in [3.63, 3.8) is 0 Å². The van der Waals surface area contributed by atoms with Crippen molar-refractivity contribution < 1.29 is 4.79 Å². The van der Waals surface area contributed by atoms with Crippen molar-refractivity contribution in [2.45, 2.75) is 44.9 Å². The second-order valence-corrected chi connectivity index (χ2v) is 5.08. The highest BCUT2D eigenvalue weighted by atomic mass is 16.1. The van der Waals surface area contributed by atoms with Crippen molar-refractivity contribution in [2.24, 2.45) is 0 Å². The second kappa shape index (κ2) is 5.89. The highest BCUT2D eigenvalue weighted by Crippen LogP contribution is 2.33. The number of carbonyl (C=O) groups excluding carboxylic acids is 1. The van der Waals surface area contributed by atoms with E-state index in [4.69, 9.17) is 5.73 Å². The number of anilines is 1. The van der Waals surface area contributed by atoms with Crippen LogP contribution in [0.4, 0.5) is 5.69 Å². The van der Waals surface area contributed by atoms with Gasteiger partial charge < -0.3 is 11.1 Å². The van der Waals surface area contributed by atoms with Gasteiger partial charge in [-0.3, -0.25) is 4.79 Å². The third-order valence-corrected chi connectivity index (χ3v) is 3.65. The van der Waals surface area contributed by atoms with Crippen molar-refractivity contribution in [1.82, 2.24) is 5.32 Å². The summed E-state index contributed by atoms with van der Waals surface area (Å²) in [6.07, 6.45) is 6.35. The summed E-state index contributed by atoms with van der Waals surface area (Å²) in [6.45, 7) is 2.57. The summed E-state index contributed by atoms with van der Waals surface area (Å²) in [5.41, 5.74) is 8.54. The van der Waals surface area contributed by atoms with Crippen LogP contribution in [0.25, 0.3) is 0 Å². The van der Waals surface area contributed by atoms with Gasteiger partial charge in [0, 0.05) is 17.8 Å². The minimum Gasteiger partial charge on any atom is -0.399 e. The minimum atomic E-state index is -0.0261. The van der Waals surface area contributed by atoms with Crippen LogP contribution in [0, 0.1) is 0 Å². The molecule has 3 nitrogen and oxygen atoms in total. The van der Waals surface area contributed by atoms with Gasteiger partial charge in [-0.25, -0.2) is 0 Å². The molecule has 0 unspecified atom stereocenters. The van der Waals surface area contributed by atoms with E-state index < -0.39 is 0 Å². The molecule has 1 aliphatic rings. The fraction of sp³-hybridized carbons (Fsp3) is 0.533. The third-order valence-electron chi connectivity index (χ3n) is 3.65. The molecule has 1 aromatic rings. The smallest absolute Gasteiger partial charge is 0.251 e. The van der Waals surface area contributed by atoms with E-state index in [1.807, 2.05) is 19.1 Å². The average Bonchev–Trinajstić information content (AvgIpc) is 2.39. The molecule has 2 rings (SSSR count). The lowest BCUT2D eigenvalue weighted by Gasteiger charge is -2.22. The molecule has 3 N–H and O–H groups in total. The summed E-state index contributed by atoms with van der Waals surface area (Å²) in [5, 5.41) is 2.82. The highest BCUT2D eigenvalue weighted by Gasteiger charge is 2.17. The van der Waals surface area contributed by atoms with E-state index in [-0.39, 0.29) is 5.91 Å². The monoisotopic (exact) mass is 246 g/mol. The Bertz CT molecular complexity index is 423. The van der Waals surface area contributed by atoms with Gasteiger partial charge in [0.1, 0.15) is 0 Å². The first-order valence-electron chi connectivity index (χ1n) is 6.89. The van der Waals surface area contributed by atoms with Gasteiger partial charge in [0.05, 0.1) is 0 Å². The summed E-state index contributed by atoms with van der Waals surface area (Å²) in [5.74, 6) is 0.553. The van der Waals surface area contributed by atoms with Gasteiger partial charge in [0.25, 0.3) is 5.91 Å². The maximum atomic E-state index is 11.9. The number of nitrogen functional groups attached to an aromatic ring is 1. The highest BCUT2D eigenvalue weighted by molar-refractivity contribution is 5.95. The third kappa shape index (κ3) is 3.03. The van der Waals surface area contributed by atoms with E-state index in [1.165, 1.54) is 37.7 Å². The average molecular weight is 246 g/mol. The van der Waals surface area contributed by atoms with Crippen LogP contribution in [-0.2, 0) is 0 Å². The Labute approximate surface area is 109 Å². The van der Waals surface area contributed by atoms with Crippen molar-refractivity contribution in [1.29, 1.82) is 0 Å². The van der Waals surface area contributed by atoms with Crippen molar-refractivity contribution in [3.05, 3.63) is 29.3 Å². The topological polar surface area (TPSA) is 55.1 Å². The Morgan fingerprint density at radius 1 is 1.28 bits per heavy atom. The van der Waals surface area contributed by atoms with Crippen LogP contribution in [-0.4, -0.2) is 12.5 Å². The Morgan fingerprint density at radius 2 is 2.00 bits per heavy atom. The molecule has 1 amide bonds. The van der Waals surface area contributed by atoms with Crippen LogP contribution in [0.15, 0.2) is 18.2 Å². The van der Waals surface area contributed by atoms with Crippen molar-refractivity contribution >= 4 is 11.6 Å². The number of nitrogens with one attached hydrogen (secondary N) is 1. The Morgan fingerprint density at radius 3 is 2.67 bits per heavy atom. The molecule has 0 saturated heterocycles. The van der Waals surface area contributed by atoms with Gasteiger partial charge in [0.2, 0.25) is 0 Å². The maximum absolute atomic E-state index is 11.9. The van der Waals surface area contributed by atoms with Gasteiger partial charge in [-0.2, -0.15) is 0 Å². The van der Waals surface area contributed by atoms with Gasteiger partial charge in [0.15, 0.2) is 0 Å². The van der Waals surface area contributed by atoms with Crippen LogP contribution in [0.5, 0.6) is 0 Å². The molecule has 0 radical (unpaired) electrons. The molecule has 0 aromatic heterocycles. The molecule has 1 aliphatic carbocycles. The molecule has 0 aliphatic heterocycles. The minimum absolute atomic E-state index is 0.0261. The predicted molar refractivity (Wildman–Crippen MR) is 74.7 cm³/mol. The Kier molecular flexibility index (Phi) is 4.24. The summed E-state index contributed by atoms with van der Waals surface area (Å²) < 4.78 is 0. The summed E-state index contributed by atoms with van der Waals surface area (Å²) in [4.78, 5) is 11.9. The van der Waals surface area contributed by atoms with Crippen molar-refractivity contribution in [2.75, 3.05) is 12.3 Å². The zero-order valence-corrected chi connectivity index (χ0v) is 11.0. The van der Waals surface area contributed by atoms with E-state index in [0.29, 0.717) is 23.7 Å². The van der Waals surface area contributed by atoms with E-state index in [2.05, 4.69) is 5.32 Å². The van der Waals surface area contributed by atoms with Crippen LogP contribution in [0.2, 0.25) is 0 Å². The molecule has 1 fully saturated rings. The van der Waals surface area contributed by atoms with E-state index in [9.17, 15) is 4.79 Å². The molecule has 18 heavy (non-hydrogen) atoms. The van der Waals surface area contributed by atoms with Crippen LogP contribution >= 0.6 is 0 Å². The molecule has 0 bridgehead atoms. The molecule has 1 saturated carbocycles. The summed E-state index contributed by atoms with van der Waals surface area (Å²) >= 11 is 0. The second-order valence-electron chi connectivity index (χ2n) is 5.08. The maximum Gasteiger partial charge on any atom is 0.251 e. The van der Waals surface area contributed by atoms with Crippen LogP contribution in [0.3, 0.4) is 0 Å². The van der Waals surface area contributed by atoms with Crippen molar-refractivity contribution in [3.8, 4) is 0 Å². The van der Waals surface area contributed by atoms with E-state index in [0.717, 1.165) is 0 Å². The molecule has 0 heterocycles. The quantitative estimate of drug-likeness (QED) is 0.805. The molecular formula is C15H22N2O. The van der Waals surface area contributed by atoms with Gasteiger partial charge in [-0.1, -0.05) is 19.3 Å². The lowest BCUT2D eigenvalue weighted by molar-refractivity contribution is 0.0955. The Hall–Kier alpha value is -1.51. The Balaban J connectivity index is 2.22. The normalized spacial score (nSPS) is 16.5. The zero-order valence-electron chi connectivity index (χ0n) is 11.0. The lowest BCUT2D eigenvalue weighted by Crippen LogP contribution is -2.23. The summed E-state index contributed by atoms with van der Waals surface area (Å²) in [6, 6.07) is 5.80. The number of amides is 1. The molecule has 0 atom stereocenters. The SMILES string of the molecule is CCNC(=O)c1cc(N)cc(C2CCCCC2)c1. The number of nitrogens with two attached hydrogens (primary N) is 1. The number of hydrogen-bond donors (Lipinski definition) is 2. The molecule has 1 aromatic carbocycles. The van der Waals surface area contributed by atoms with Gasteiger partial charge in [-0.05, 0) is 49.4 Å². The lowest BCUT2D eigenvalue weighted by atomic mass is 9.83. The molecule has 0 spiro atoms. The first kappa shape index (κ1) is 12.9. The number of carbonyl (C=O) groups is 1. The van der Waals surface area contributed by atoms with Gasteiger partial charge >= 0.3 is 0 Å². The largest absolute Gasteiger partial charge is 0.399 e. The summed E-state index contributed by atoms with van der Waals surface area (Å²) in [7, 11) is 0. The van der Waals surface area contributed by atoms with Gasteiger partial charge in [-0.15, -0.1) is 0 Å². The van der Waals surface area contributed by atoms with Crippen LogP contribution in [0.1, 0.15) is 60.9 Å². The molecule has 3 heteroatoms. The first-order valence-corrected chi connectivity index (χ1v) is 6.89. The van der Waals surface area contributed by atoms with Crippen LogP contribution < -0.4 is 11.1 Å². The fourth-order valence-electron chi connectivity index (χ4n) is 2.74. The molecular weight excluding hydrogens is 224 g/mol. The van der Waals surface area contributed by atoms with E-state index in [1.54, 1.807) is 6.07 Å². The van der Waals surface area contributed by atoms with E-state index >= 15 is 0 Å². The standard InChI is InChI=1S/C15H22N2O/c1-2-17-15(18)13-8-12(9-14(16)10-13)11-6-4-3-5-7-11/h8-11H,2-7,16H2,1H3,(H,17,18). The number of benzene rings is 1. The number of hydrogen-bond acceptors (Lipinski definition) is 2.